The quantitative estimate of drug-likeness (QED) is 0.162. The maximum atomic E-state index is 2.66. The lowest BCUT2D eigenvalue weighted by molar-refractivity contribution is 0.564. The fourth-order valence-corrected chi connectivity index (χ4v) is 11.7. The number of rotatable bonds is 6. The van der Waals surface area contributed by atoms with E-state index < -0.39 is 5.54 Å². The summed E-state index contributed by atoms with van der Waals surface area (Å²) in [5.74, 6) is 0. The number of aromatic nitrogens is 1. The van der Waals surface area contributed by atoms with Crippen LogP contribution in [-0.2, 0) is 5.54 Å². The first-order chi connectivity index (χ1) is 30.8. The second-order valence-corrected chi connectivity index (χ2v) is 17.5. The van der Waals surface area contributed by atoms with Crippen molar-refractivity contribution < 1.29 is 0 Å². The third-order valence-electron chi connectivity index (χ3n) is 13.2. The van der Waals surface area contributed by atoms with E-state index in [1.165, 1.54) is 97.4 Å². The standard InChI is InChI=1S/C59H38N2S/c1-2-15-39(16-3-1)41-30-33-44(34-31-41)60(55-26-14-28-57-58(55)49-22-9-13-27-56(49)62-57)45-35-36-54-50(38-45)48-21-8-12-25-53(48)61(54)59(43-32-29-40-17-4-5-18-42(40)37-43)51-23-10-6-19-46(51)47-20-7-11-24-52(47)59/h1-38H. The highest BCUT2D eigenvalue weighted by Crippen LogP contribution is 2.56. The van der Waals surface area contributed by atoms with Crippen molar-refractivity contribution in [3.8, 4) is 22.3 Å². The van der Waals surface area contributed by atoms with Gasteiger partial charge in [0.2, 0.25) is 0 Å². The number of fused-ring (bicyclic) bond motifs is 10. The summed E-state index contributed by atoms with van der Waals surface area (Å²) in [4.78, 5) is 2.47. The van der Waals surface area contributed by atoms with Gasteiger partial charge in [-0.25, -0.2) is 0 Å². The lowest BCUT2D eigenvalue weighted by Crippen LogP contribution is -2.35. The topological polar surface area (TPSA) is 8.17 Å². The highest BCUT2D eigenvalue weighted by molar-refractivity contribution is 7.26. The van der Waals surface area contributed by atoms with Crippen LogP contribution in [0.2, 0.25) is 0 Å². The molecular formula is C59H38N2S. The van der Waals surface area contributed by atoms with Crippen molar-refractivity contribution in [2.45, 2.75) is 5.54 Å². The molecule has 3 heteroatoms. The molecule has 0 unspecified atom stereocenters. The molecule has 0 spiro atoms. The first-order valence-corrected chi connectivity index (χ1v) is 22.2. The van der Waals surface area contributed by atoms with Gasteiger partial charge in [-0.2, -0.15) is 0 Å². The molecule has 0 fully saturated rings. The second-order valence-electron chi connectivity index (χ2n) is 16.4. The third-order valence-corrected chi connectivity index (χ3v) is 14.3. The summed E-state index contributed by atoms with van der Waals surface area (Å²) < 4.78 is 5.23. The average molecular weight is 807 g/mol. The highest BCUT2D eigenvalue weighted by Gasteiger charge is 2.47. The summed E-state index contributed by atoms with van der Waals surface area (Å²) >= 11 is 1.86. The van der Waals surface area contributed by atoms with Gasteiger partial charge in [-0.15, -0.1) is 11.3 Å². The van der Waals surface area contributed by atoms with E-state index in [2.05, 4.69) is 240 Å². The molecule has 2 aromatic heterocycles. The minimum absolute atomic E-state index is 0.645. The molecule has 12 aromatic rings. The molecule has 0 bridgehead atoms. The van der Waals surface area contributed by atoms with Crippen molar-refractivity contribution in [3.63, 3.8) is 0 Å². The van der Waals surface area contributed by atoms with Crippen LogP contribution in [0.25, 0.3) is 75.0 Å². The van der Waals surface area contributed by atoms with E-state index >= 15 is 0 Å². The molecule has 0 saturated heterocycles. The molecule has 0 saturated carbocycles. The van der Waals surface area contributed by atoms with Gasteiger partial charge < -0.3 is 9.47 Å². The van der Waals surface area contributed by atoms with Gasteiger partial charge in [-0.3, -0.25) is 0 Å². The zero-order valence-corrected chi connectivity index (χ0v) is 34.6. The SMILES string of the molecule is c1ccc(-c2ccc(N(c3ccc4c(c3)c3ccccc3n4C3(c4ccc5ccccc5c4)c4ccccc4-c4ccccc43)c3cccc4sc5ccccc5c34)cc2)cc1. The minimum Gasteiger partial charge on any atom is -0.322 e. The number of anilines is 3. The molecule has 0 radical (unpaired) electrons. The van der Waals surface area contributed by atoms with Gasteiger partial charge in [0.1, 0.15) is 5.54 Å². The maximum Gasteiger partial charge on any atom is 0.122 e. The molecule has 10 aromatic carbocycles. The van der Waals surface area contributed by atoms with Crippen LogP contribution in [0.1, 0.15) is 16.7 Å². The third kappa shape index (κ3) is 5.03. The predicted molar refractivity (Wildman–Crippen MR) is 264 cm³/mol. The zero-order valence-electron chi connectivity index (χ0n) is 33.7. The molecule has 2 heterocycles. The normalized spacial score (nSPS) is 13.0. The molecule has 13 rings (SSSR count). The summed E-state index contributed by atoms with van der Waals surface area (Å²) in [5.41, 5.74) is 13.9. The number of benzene rings is 10. The van der Waals surface area contributed by atoms with Crippen LogP contribution in [0, 0.1) is 0 Å². The molecule has 0 N–H and O–H groups in total. The fourth-order valence-electron chi connectivity index (χ4n) is 10.6. The van der Waals surface area contributed by atoms with Crippen LogP contribution in [0.5, 0.6) is 0 Å². The molecule has 0 amide bonds. The summed E-state index contributed by atoms with van der Waals surface area (Å²) in [7, 11) is 0. The van der Waals surface area contributed by atoms with Gasteiger partial charge >= 0.3 is 0 Å². The Morgan fingerprint density at radius 3 is 1.81 bits per heavy atom. The van der Waals surface area contributed by atoms with Gasteiger partial charge in [-0.1, -0.05) is 170 Å². The predicted octanol–water partition coefficient (Wildman–Crippen LogP) is 16.3. The molecular weight excluding hydrogens is 769 g/mol. The van der Waals surface area contributed by atoms with E-state index in [4.69, 9.17) is 0 Å². The van der Waals surface area contributed by atoms with E-state index in [-0.39, 0.29) is 0 Å². The van der Waals surface area contributed by atoms with Crippen LogP contribution >= 0.6 is 11.3 Å². The first kappa shape index (κ1) is 35.1. The summed E-state index contributed by atoms with van der Waals surface area (Å²) in [6.45, 7) is 0. The van der Waals surface area contributed by atoms with Crippen molar-refractivity contribution in [1.29, 1.82) is 0 Å². The Morgan fingerprint density at radius 1 is 0.387 bits per heavy atom. The average Bonchev–Trinajstić information content (AvgIpc) is 3.99. The van der Waals surface area contributed by atoms with Gasteiger partial charge in [-0.05, 0) is 110 Å². The number of hydrogen-bond acceptors (Lipinski definition) is 2. The Kier molecular flexibility index (Phi) is 7.72. The van der Waals surface area contributed by atoms with E-state index in [1.807, 2.05) is 11.3 Å². The number of para-hydroxylation sites is 1. The van der Waals surface area contributed by atoms with E-state index in [0.29, 0.717) is 0 Å². The Morgan fingerprint density at radius 2 is 1.00 bits per heavy atom. The number of hydrogen-bond donors (Lipinski definition) is 0. The largest absolute Gasteiger partial charge is 0.322 e. The van der Waals surface area contributed by atoms with Crippen molar-refractivity contribution in [2.75, 3.05) is 4.90 Å². The van der Waals surface area contributed by atoms with Crippen LogP contribution in [0.15, 0.2) is 231 Å². The van der Waals surface area contributed by atoms with Crippen LogP contribution in [0.3, 0.4) is 0 Å². The Balaban J connectivity index is 1.10. The fraction of sp³-hybridized carbons (Fsp3) is 0.0169. The molecule has 1 aliphatic rings. The number of nitrogens with zero attached hydrogens (tertiary/aromatic N) is 2. The van der Waals surface area contributed by atoms with E-state index in [1.54, 1.807) is 0 Å². The molecule has 0 aliphatic heterocycles. The van der Waals surface area contributed by atoms with Gasteiger partial charge in [0.15, 0.2) is 0 Å². The molecule has 62 heavy (non-hydrogen) atoms. The summed E-state index contributed by atoms with van der Waals surface area (Å²) in [6, 6.07) is 85.5. The molecule has 2 nitrogen and oxygen atoms in total. The lowest BCUT2D eigenvalue weighted by atomic mass is 9.79. The first-order valence-electron chi connectivity index (χ1n) is 21.3. The smallest absolute Gasteiger partial charge is 0.122 e. The maximum absolute atomic E-state index is 2.66. The molecule has 0 atom stereocenters. The highest BCUT2D eigenvalue weighted by atomic mass is 32.1. The van der Waals surface area contributed by atoms with Gasteiger partial charge in [0, 0.05) is 42.3 Å². The van der Waals surface area contributed by atoms with E-state index in [9.17, 15) is 0 Å². The van der Waals surface area contributed by atoms with Crippen molar-refractivity contribution >= 4 is 81.1 Å². The lowest BCUT2D eigenvalue weighted by Gasteiger charge is -2.37. The Labute approximate surface area is 363 Å². The summed E-state index contributed by atoms with van der Waals surface area (Å²) in [6.07, 6.45) is 0. The van der Waals surface area contributed by atoms with Crippen molar-refractivity contribution in [3.05, 3.63) is 247 Å². The molecule has 1 aliphatic carbocycles. The zero-order chi connectivity index (χ0) is 40.8. The Hall–Kier alpha value is -7.72. The number of thiophene rings is 1. The van der Waals surface area contributed by atoms with Crippen molar-refractivity contribution in [2.24, 2.45) is 0 Å². The minimum atomic E-state index is -0.645. The van der Waals surface area contributed by atoms with Crippen LogP contribution in [0.4, 0.5) is 17.1 Å². The molecule has 290 valence electrons. The summed E-state index contributed by atoms with van der Waals surface area (Å²) in [5, 5.41) is 7.47. The Bertz CT molecular complexity index is 3660. The monoisotopic (exact) mass is 806 g/mol. The van der Waals surface area contributed by atoms with Gasteiger partial charge in [0.05, 0.1) is 16.7 Å². The van der Waals surface area contributed by atoms with Gasteiger partial charge in [0.25, 0.3) is 0 Å². The van der Waals surface area contributed by atoms with E-state index in [0.717, 1.165) is 11.4 Å². The van der Waals surface area contributed by atoms with Crippen LogP contribution < -0.4 is 4.90 Å². The second kappa shape index (κ2) is 13.7. The van der Waals surface area contributed by atoms with Crippen molar-refractivity contribution in [1.82, 2.24) is 4.57 Å². The van der Waals surface area contributed by atoms with Crippen LogP contribution in [-0.4, -0.2) is 4.57 Å².